The van der Waals surface area contributed by atoms with E-state index in [4.69, 9.17) is 35.4 Å². The summed E-state index contributed by atoms with van der Waals surface area (Å²) < 4.78 is 4.66. The summed E-state index contributed by atoms with van der Waals surface area (Å²) in [5.41, 5.74) is 0.625. The standard InChI is InChI=1S/C10H7Cl2N3OS/c11-6-2-1-3-7(9(6)12)13-10(17)14-8-4-5-16-15-8/h1-5H,(H2,13,14,15,17). The minimum Gasteiger partial charge on any atom is -0.363 e. The average molecular weight is 288 g/mol. The smallest absolute Gasteiger partial charge is 0.176 e. The van der Waals surface area contributed by atoms with E-state index in [1.165, 1.54) is 6.26 Å². The van der Waals surface area contributed by atoms with Crippen LogP contribution < -0.4 is 10.6 Å². The molecule has 0 saturated carbocycles. The van der Waals surface area contributed by atoms with Gasteiger partial charge in [0.25, 0.3) is 0 Å². The fourth-order valence-electron chi connectivity index (χ4n) is 1.15. The van der Waals surface area contributed by atoms with Crippen LogP contribution in [0.5, 0.6) is 0 Å². The first-order valence-electron chi connectivity index (χ1n) is 4.59. The minimum absolute atomic E-state index is 0.350. The highest BCUT2D eigenvalue weighted by Crippen LogP contribution is 2.29. The molecule has 4 nitrogen and oxygen atoms in total. The third-order valence-electron chi connectivity index (χ3n) is 1.88. The first-order chi connectivity index (χ1) is 8.16. The Morgan fingerprint density at radius 3 is 2.76 bits per heavy atom. The number of hydrogen-bond donors (Lipinski definition) is 2. The van der Waals surface area contributed by atoms with Crippen LogP contribution in [-0.2, 0) is 0 Å². The quantitative estimate of drug-likeness (QED) is 0.823. The molecule has 2 rings (SSSR count). The molecule has 0 atom stereocenters. The van der Waals surface area contributed by atoms with Crippen LogP contribution in [0.25, 0.3) is 0 Å². The lowest BCUT2D eigenvalue weighted by Crippen LogP contribution is -2.19. The topological polar surface area (TPSA) is 50.1 Å². The van der Waals surface area contributed by atoms with Crippen LogP contribution in [0.4, 0.5) is 11.5 Å². The van der Waals surface area contributed by atoms with E-state index in [-0.39, 0.29) is 0 Å². The zero-order valence-electron chi connectivity index (χ0n) is 8.41. The minimum atomic E-state index is 0.350. The fraction of sp³-hybridized carbons (Fsp3) is 0. The van der Waals surface area contributed by atoms with Gasteiger partial charge in [-0.05, 0) is 24.4 Å². The second kappa shape index (κ2) is 5.35. The SMILES string of the molecule is S=C(Nc1ccon1)Nc1cccc(Cl)c1Cl. The zero-order chi connectivity index (χ0) is 12.3. The van der Waals surface area contributed by atoms with Crippen molar-refractivity contribution in [2.45, 2.75) is 0 Å². The number of thiocarbonyl (C=S) groups is 1. The predicted octanol–water partition coefficient (Wildman–Crippen LogP) is 3.79. The normalized spacial score (nSPS) is 10.0. The Bertz CT molecular complexity index is 530. The van der Waals surface area contributed by atoms with E-state index in [9.17, 15) is 0 Å². The number of rotatable bonds is 2. The van der Waals surface area contributed by atoms with Crippen molar-refractivity contribution in [2.75, 3.05) is 10.6 Å². The summed E-state index contributed by atoms with van der Waals surface area (Å²) in [4.78, 5) is 0. The van der Waals surface area contributed by atoms with Gasteiger partial charge in [-0.25, -0.2) is 0 Å². The van der Waals surface area contributed by atoms with E-state index in [1.54, 1.807) is 24.3 Å². The summed E-state index contributed by atoms with van der Waals surface area (Å²) in [6, 6.07) is 6.89. The van der Waals surface area contributed by atoms with Crippen LogP contribution >= 0.6 is 35.4 Å². The van der Waals surface area contributed by atoms with Crippen molar-refractivity contribution in [2.24, 2.45) is 0 Å². The highest BCUT2D eigenvalue weighted by atomic mass is 35.5. The van der Waals surface area contributed by atoms with Gasteiger partial charge >= 0.3 is 0 Å². The van der Waals surface area contributed by atoms with Crippen molar-refractivity contribution >= 4 is 52.0 Å². The van der Waals surface area contributed by atoms with Crippen molar-refractivity contribution in [3.63, 3.8) is 0 Å². The second-order valence-corrected chi connectivity index (χ2v) is 4.26. The van der Waals surface area contributed by atoms with Gasteiger partial charge < -0.3 is 15.2 Å². The van der Waals surface area contributed by atoms with Crippen LogP contribution in [0, 0.1) is 0 Å². The van der Waals surface area contributed by atoms with E-state index in [0.717, 1.165) is 0 Å². The van der Waals surface area contributed by atoms with E-state index >= 15 is 0 Å². The van der Waals surface area contributed by atoms with Crippen molar-refractivity contribution in [3.05, 3.63) is 40.6 Å². The van der Waals surface area contributed by atoms with Gasteiger partial charge in [0.1, 0.15) is 6.26 Å². The molecule has 0 fully saturated rings. The summed E-state index contributed by atoms with van der Waals surface area (Å²) >= 11 is 17.0. The van der Waals surface area contributed by atoms with Crippen molar-refractivity contribution in [3.8, 4) is 0 Å². The number of anilines is 2. The molecule has 0 unspecified atom stereocenters. The largest absolute Gasteiger partial charge is 0.363 e. The summed E-state index contributed by atoms with van der Waals surface area (Å²) in [7, 11) is 0. The van der Waals surface area contributed by atoms with Crippen LogP contribution in [0.3, 0.4) is 0 Å². The average Bonchev–Trinajstić information content (AvgIpc) is 2.77. The molecule has 1 aromatic carbocycles. The van der Waals surface area contributed by atoms with Gasteiger partial charge in [-0.1, -0.05) is 34.4 Å². The summed E-state index contributed by atoms with van der Waals surface area (Å²) in [5.74, 6) is 0.514. The van der Waals surface area contributed by atoms with Crippen LogP contribution in [0.1, 0.15) is 0 Å². The predicted molar refractivity (Wildman–Crippen MR) is 72.8 cm³/mol. The molecule has 0 bridgehead atoms. The molecule has 0 amide bonds. The second-order valence-electron chi connectivity index (χ2n) is 3.07. The maximum atomic E-state index is 6.00. The molecule has 0 aliphatic carbocycles. The Labute approximate surface area is 113 Å². The molecule has 0 saturated heterocycles. The Morgan fingerprint density at radius 2 is 2.06 bits per heavy atom. The van der Waals surface area contributed by atoms with Gasteiger partial charge in [-0.2, -0.15) is 0 Å². The van der Waals surface area contributed by atoms with E-state index < -0.39 is 0 Å². The maximum Gasteiger partial charge on any atom is 0.176 e. The molecule has 0 aliphatic heterocycles. The van der Waals surface area contributed by atoms with Gasteiger partial charge in [-0.15, -0.1) is 0 Å². The molecule has 2 aromatic rings. The lowest BCUT2D eigenvalue weighted by atomic mass is 10.3. The molecule has 1 heterocycles. The Kier molecular flexibility index (Phi) is 3.83. The number of aromatic nitrogens is 1. The number of hydrogen-bond acceptors (Lipinski definition) is 3. The molecule has 17 heavy (non-hydrogen) atoms. The number of nitrogens with one attached hydrogen (secondary N) is 2. The van der Waals surface area contributed by atoms with Crippen LogP contribution in [0.2, 0.25) is 10.0 Å². The fourth-order valence-corrected chi connectivity index (χ4v) is 1.71. The lowest BCUT2D eigenvalue weighted by molar-refractivity contribution is 0.423. The van der Waals surface area contributed by atoms with Crippen molar-refractivity contribution < 1.29 is 4.52 Å². The lowest BCUT2D eigenvalue weighted by Gasteiger charge is -2.10. The van der Waals surface area contributed by atoms with Gasteiger partial charge in [0, 0.05) is 6.07 Å². The van der Waals surface area contributed by atoms with E-state index in [1.807, 2.05) is 0 Å². The van der Waals surface area contributed by atoms with Gasteiger partial charge in [0.15, 0.2) is 10.9 Å². The van der Waals surface area contributed by atoms with E-state index in [0.29, 0.717) is 26.7 Å². The summed E-state index contributed by atoms with van der Waals surface area (Å²) in [6.07, 6.45) is 1.44. The van der Waals surface area contributed by atoms with Crippen LogP contribution in [-0.4, -0.2) is 10.3 Å². The number of benzene rings is 1. The van der Waals surface area contributed by atoms with E-state index in [2.05, 4.69) is 20.3 Å². The number of nitrogens with zero attached hydrogens (tertiary/aromatic N) is 1. The first kappa shape index (κ1) is 12.2. The van der Waals surface area contributed by atoms with Crippen molar-refractivity contribution in [1.29, 1.82) is 0 Å². The zero-order valence-corrected chi connectivity index (χ0v) is 10.7. The third-order valence-corrected chi connectivity index (χ3v) is 2.90. The molecule has 2 N–H and O–H groups in total. The molecule has 7 heteroatoms. The molecule has 88 valence electrons. The highest BCUT2D eigenvalue weighted by Gasteiger charge is 2.06. The molecule has 0 spiro atoms. The van der Waals surface area contributed by atoms with Crippen molar-refractivity contribution in [1.82, 2.24) is 5.16 Å². The molecular weight excluding hydrogens is 281 g/mol. The van der Waals surface area contributed by atoms with Gasteiger partial charge in [0.2, 0.25) is 0 Å². The van der Waals surface area contributed by atoms with Crippen LogP contribution in [0.15, 0.2) is 35.1 Å². The Balaban J connectivity index is 2.06. The molecule has 0 radical (unpaired) electrons. The maximum absolute atomic E-state index is 6.00. The molecular formula is C10H7Cl2N3OS. The Hall–Kier alpha value is -1.30. The monoisotopic (exact) mass is 287 g/mol. The Morgan fingerprint density at radius 1 is 1.24 bits per heavy atom. The van der Waals surface area contributed by atoms with Gasteiger partial charge in [-0.3, -0.25) is 0 Å². The first-order valence-corrected chi connectivity index (χ1v) is 5.75. The summed E-state index contributed by atoms with van der Waals surface area (Å²) in [5, 5.41) is 10.6. The third kappa shape index (κ3) is 3.09. The highest BCUT2D eigenvalue weighted by molar-refractivity contribution is 7.80. The summed E-state index contributed by atoms with van der Waals surface area (Å²) in [6.45, 7) is 0. The van der Waals surface area contributed by atoms with Gasteiger partial charge in [0.05, 0.1) is 15.7 Å². The molecule has 0 aliphatic rings. The number of halogens is 2. The molecule has 1 aromatic heterocycles.